The van der Waals surface area contributed by atoms with Gasteiger partial charge in [0.1, 0.15) is 5.70 Å². The minimum atomic E-state index is -0.484. The first-order chi connectivity index (χ1) is 6.11. The van der Waals surface area contributed by atoms with Crippen LogP contribution in [-0.4, -0.2) is 30.7 Å². The molecule has 0 aromatic heterocycles. The summed E-state index contributed by atoms with van der Waals surface area (Å²) in [7, 11) is 1.88. The third kappa shape index (κ3) is 5.00. The largest absolute Gasteiger partial charge is 0.366 e. The molecule has 1 amide bonds. The van der Waals surface area contributed by atoms with Crippen molar-refractivity contribution in [3.8, 4) is 0 Å². The van der Waals surface area contributed by atoms with Crippen LogP contribution in [0, 0.1) is 0 Å². The highest BCUT2D eigenvalue weighted by molar-refractivity contribution is 5.92. The summed E-state index contributed by atoms with van der Waals surface area (Å²) < 4.78 is 0. The van der Waals surface area contributed by atoms with Crippen LogP contribution in [0.5, 0.6) is 0 Å². The summed E-state index contributed by atoms with van der Waals surface area (Å²) in [5.74, 6) is -0.484. The Morgan fingerprint density at radius 2 is 2.15 bits per heavy atom. The van der Waals surface area contributed by atoms with Gasteiger partial charge in [0.2, 0.25) is 0 Å². The standard InChI is InChI=1S/C9H17N3O/c1-4-6-8(9(10)13)11-7-12(3)5-2/h6-7H,4-5H2,1-3H3,(H2,10,13)/b8-6+,11-7-. The molecule has 0 fully saturated rings. The first-order valence-electron chi connectivity index (χ1n) is 4.36. The second-order valence-electron chi connectivity index (χ2n) is 2.68. The van der Waals surface area contributed by atoms with Gasteiger partial charge >= 0.3 is 0 Å². The molecule has 0 rings (SSSR count). The molecule has 0 aliphatic heterocycles. The van der Waals surface area contributed by atoms with E-state index in [0.717, 1.165) is 13.0 Å². The summed E-state index contributed by atoms with van der Waals surface area (Å²) in [4.78, 5) is 16.7. The Hall–Kier alpha value is -1.32. The van der Waals surface area contributed by atoms with Gasteiger partial charge < -0.3 is 10.6 Å². The molecule has 0 heterocycles. The average Bonchev–Trinajstić information content (AvgIpc) is 2.11. The average molecular weight is 183 g/mol. The number of aliphatic imine (C=N–C) groups is 1. The van der Waals surface area contributed by atoms with E-state index < -0.39 is 5.91 Å². The summed E-state index contributed by atoms with van der Waals surface area (Å²) >= 11 is 0. The molecule has 13 heavy (non-hydrogen) atoms. The number of rotatable bonds is 5. The Kier molecular flexibility index (Phi) is 5.59. The highest BCUT2D eigenvalue weighted by Crippen LogP contribution is 1.96. The molecule has 0 aromatic rings. The van der Waals surface area contributed by atoms with Crippen LogP contribution in [-0.2, 0) is 4.79 Å². The first-order valence-corrected chi connectivity index (χ1v) is 4.36. The Morgan fingerprint density at radius 1 is 1.54 bits per heavy atom. The van der Waals surface area contributed by atoms with Gasteiger partial charge in [-0.2, -0.15) is 0 Å². The molecule has 4 heteroatoms. The fourth-order valence-electron chi connectivity index (χ4n) is 0.653. The fraction of sp³-hybridized carbons (Fsp3) is 0.556. The SMILES string of the molecule is CC/C=C(/N=C\N(C)CC)C(N)=O. The van der Waals surface area contributed by atoms with Crippen LogP contribution in [0.25, 0.3) is 0 Å². The number of hydrogen-bond acceptors (Lipinski definition) is 2. The van der Waals surface area contributed by atoms with Crippen molar-refractivity contribution in [1.29, 1.82) is 0 Å². The van der Waals surface area contributed by atoms with E-state index in [1.54, 1.807) is 12.4 Å². The van der Waals surface area contributed by atoms with E-state index >= 15 is 0 Å². The molecular weight excluding hydrogens is 166 g/mol. The lowest BCUT2D eigenvalue weighted by Crippen LogP contribution is -2.17. The molecule has 0 aliphatic carbocycles. The van der Waals surface area contributed by atoms with Gasteiger partial charge in [0.15, 0.2) is 0 Å². The molecule has 4 nitrogen and oxygen atoms in total. The zero-order valence-electron chi connectivity index (χ0n) is 8.45. The number of carbonyl (C=O) groups excluding carboxylic acids is 1. The van der Waals surface area contributed by atoms with Gasteiger partial charge in [-0.05, 0) is 13.3 Å². The molecule has 0 aliphatic rings. The second-order valence-corrected chi connectivity index (χ2v) is 2.68. The summed E-state index contributed by atoms with van der Waals surface area (Å²) in [5.41, 5.74) is 5.43. The lowest BCUT2D eigenvalue weighted by atomic mass is 10.3. The van der Waals surface area contributed by atoms with Gasteiger partial charge in [0.05, 0.1) is 6.34 Å². The fourth-order valence-corrected chi connectivity index (χ4v) is 0.653. The molecular formula is C9H17N3O. The number of hydrogen-bond donors (Lipinski definition) is 1. The van der Waals surface area contributed by atoms with Crippen LogP contribution in [0.1, 0.15) is 20.3 Å². The second kappa shape index (κ2) is 6.22. The Balaban J connectivity index is 4.35. The summed E-state index contributed by atoms with van der Waals surface area (Å²) in [6.07, 6.45) is 4.07. The van der Waals surface area contributed by atoms with E-state index in [1.807, 2.05) is 25.8 Å². The molecule has 2 N–H and O–H groups in total. The number of nitrogens with zero attached hydrogens (tertiary/aromatic N) is 2. The molecule has 0 bridgehead atoms. The highest BCUT2D eigenvalue weighted by atomic mass is 16.1. The van der Waals surface area contributed by atoms with Gasteiger partial charge in [-0.3, -0.25) is 4.79 Å². The lowest BCUT2D eigenvalue weighted by molar-refractivity contribution is -0.114. The van der Waals surface area contributed by atoms with Crippen molar-refractivity contribution in [2.24, 2.45) is 10.7 Å². The van der Waals surface area contributed by atoms with Gasteiger partial charge in [-0.1, -0.05) is 13.0 Å². The zero-order chi connectivity index (χ0) is 10.3. The van der Waals surface area contributed by atoms with E-state index in [4.69, 9.17) is 5.73 Å². The Bertz CT molecular complexity index is 221. The Labute approximate surface area is 79.1 Å². The predicted molar refractivity (Wildman–Crippen MR) is 54.4 cm³/mol. The maximum absolute atomic E-state index is 10.8. The topological polar surface area (TPSA) is 58.7 Å². The molecule has 74 valence electrons. The molecule has 0 saturated heterocycles. The van der Waals surface area contributed by atoms with Crippen LogP contribution in [0.3, 0.4) is 0 Å². The highest BCUT2D eigenvalue weighted by Gasteiger charge is 1.99. The normalized spacial score (nSPS) is 12.1. The minimum absolute atomic E-state index is 0.322. The van der Waals surface area contributed by atoms with Crippen LogP contribution < -0.4 is 5.73 Å². The monoisotopic (exact) mass is 183 g/mol. The molecule has 0 unspecified atom stereocenters. The van der Waals surface area contributed by atoms with Crippen molar-refractivity contribution in [2.75, 3.05) is 13.6 Å². The van der Waals surface area contributed by atoms with E-state index in [9.17, 15) is 4.79 Å². The lowest BCUT2D eigenvalue weighted by Gasteiger charge is -2.07. The van der Waals surface area contributed by atoms with Crippen molar-refractivity contribution in [1.82, 2.24) is 4.90 Å². The van der Waals surface area contributed by atoms with E-state index in [0.29, 0.717) is 5.70 Å². The van der Waals surface area contributed by atoms with E-state index in [2.05, 4.69) is 4.99 Å². The quantitative estimate of drug-likeness (QED) is 0.388. The minimum Gasteiger partial charge on any atom is -0.366 e. The van der Waals surface area contributed by atoms with Crippen molar-refractivity contribution >= 4 is 12.2 Å². The van der Waals surface area contributed by atoms with Crippen LogP contribution in [0.15, 0.2) is 16.8 Å². The molecule has 0 radical (unpaired) electrons. The zero-order valence-corrected chi connectivity index (χ0v) is 8.45. The van der Waals surface area contributed by atoms with Crippen molar-refractivity contribution in [3.05, 3.63) is 11.8 Å². The third-order valence-corrected chi connectivity index (χ3v) is 1.54. The molecule has 0 saturated carbocycles. The van der Waals surface area contributed by atoms with Gasteiger partial charge in [-0.25, -0.2) is 4.99 Å². The van der Waals surface area contributed by atoms with Crippen LogP contribution >= 0.6 is 0 Å². The van der Waals surface area contributed by atoms with Crippen molar-refractivity contribution in [3.63, 3.8) is 0 Å². The number of allylic oxidation sites excluding steroid dienone is 1. The smallest absolute Gasteiger partial charge is 0.267 e. The van der Waals surface area contributed by atoms with Gasteiger partial charge in [-0.15, -0.1) is 0 Å². The van der Waals surface area contributed by atoms with Gasteiger partial charge in [0, 0.05) is 13.6 Å². The summed E-state index contributed by atoms with van der Waals surface area (Å²) in [5, 5.41) is 0. The first kappa shape index (κ1) is 11.7. The number of amides is 1. The number of carbonyl (C=O) groups is 1. The third-order valence-electron chi connectivity index (χ3n) is 1.54. The van der Waals surface area contributed by atoms with E-state index in [-0.39, 0.29) is 0 Å². The predicted octanol–water partition coefficient (Wildman–Crippen LogP) is 0.746. The van der Waals surface area contributed by atoms with Gasteiger partial charge in [0.25, 0.3) is 5.91 Å². The maximum atomic E-state index is 10.8. The molecule has 0 atom stereocenters. The van der Waals surface area contributed by atoms with Crippen LogP contribution in [0.2, 0.25) is 0 Å². The summed E-state index contributed by atoms with van der Waals surface area (Å²) in [6, 6.07) is 0. The van der Waals surface area contributed by atoms with Crippen molar-refractivity contribution < 1.29 is 4.79 Å². The number of primary amides is 1. The summed E-state index contributed by atoms with van der Waals surface area (Å²) in [6.45, 7) is 4.78. The Morgan fingerprint density at radius 3 is 2.54 bits per heavy atom. The molecule has 0 spiro atoms. The van der Waals surface area contributed by atoms with E-state index in [1.165, 1.54) is 0 Å². The number of nitrogens with two attached hydrogens (primary N) is 1. The molecule has 0 aromatic carbocycles. The maximum Gasteiger partial charge on any atom is 0.267 e. The van der Waals surface area contributed by atoms with Crippen molar-refractivity contribution in [2.45, 2.75) is 20.3 Å². The van der Waals surface area contributed by atoms with Crippen LogP contribution in [0.4, 0.5) is 0 Å².